The normalized spacial score (nSPS) is 16.7. The molecule has 4 rings (SSSR count). The first kappa shape index (κ1) is 15.5. The summed E-state index contributed by atoms with van der Waals surface area (Å²) in [4.78, 5) is 15.6. The minimum absolute atomic E-state index is 0.0274. The molecule has 2 amide bonds. The predicted octanol–water partition coefficient (Wildman–Crippen LogP) is 3.98. The highest BCUT2D eigenvalue weighted by Crippen LogP contribution is 2.27. The number of urea groups is 1. The lowest BCUT2D eigenvalue weighted by Crippen LogP contribution is -2.21. The Bertz CT molecular complexity index is 884. The molecule has 1 fully saturated rings. The number of nitrogens with one attached hydrogen (secondary N) is 3. The minimum atomic E-state index is -0.313. The number of amides is 2. The maximum Gasteiger partial charge on any atom is 0.323 e. The van der Waals surface area contributed by atoms with E-state index in [1.165, 1.54) is 0 Å². The lowest BCUT2D eigenvalue weighted by Gasteiger charge is -2.16. The highest BCUT2D eigenvalue weighted by Gasteiger charge is 2.19. The molecule has 1 aromatic heterocycles. The number of H-pyrrole nitrogens is 1. The molecule has 3 N–H and O–H groups in total. The van der Waals surface area contributed by atoms with Crippen molar-refractivity contribution >= 4 is 28.3 Å². The molecule has 1 aliphatic heterocycles. The molecule has 0 unspecified atom stereocenters. The molecule has 0 radical (unpaired) electrons. The second-order valence-electron chi connectivity index (χ2n) is 5.92. The summed E-state index contributed by atoms with van der Waals surface area (Å²) in [7, 11) is 0. The van der Waals surface area contributed by atoms with E-state index in [2.05, 4.69) is 15.6 Å². The van der Waals surface area contributed by atoms with Gasteiger partial charge < -0.3 is 25.1 Å². The average molecular weight is 337 g/mol. The topological polar surface area (TPSA) is 75.4 Å². The number of anilines is 2. The monoisotopic (exact) mass is 337 g/mol. The van der Waals surface area contributed by atoms with E-state index in [1.54, 1.807) is 0 Å². The number of aromatic nitrogens is 1. The van der Waals surface area contributed by atoms with Crippen molar-refractivity contribution in [2.75, 3.05) is 23.8 Å². The molecule has 3 aromatic rings. The van der Waals surface area contributed by atoms with Crippen LogP contribution in [0.25, 0.3) is 10.9 Å². The second kappa shape index (κ2) is 6.86. The summed E-state index contributed by atoms with van der Waals surface area (Å²) in [6, 6.07) is 14.8. The van der Waals surface area contributed by atoms with Gasteiger partial charge in [-0.25, -0.2) is 4.79 Å². The van der Waals surface area contributed by atoms with Crippen molar-refractivity contribution in [3.63, 3.8) is 0 Å². The molecule has 2 aromatic carbocycles. The van der Waals surface area contributed by atoms with Crippen LogP contribution in [0, 0.1) is 0 Å². The first-order chi connectivity index (χ1) is 12.3. The molecule has 25 heavy (non-hydrogen) atoms. The molecule has 0 saturated carbocycles. The van der Waals surface area contributed by atoms with Crippen molar-refractivity contribution in [2.45, 2.75) is 12.5 Å². The van der Waals surface area contributed by atoms with Gasteiger partial charge >= 0.3 is 6.03 Å². The molecular weight excluding hydrogens is 318 g/mol. The Morgan fingerprint density at radius 3 is 2.80 bits per heavy atom. The number of para-hydroxylation sites is 2. The van der Waals surface area contributed by atoms with Gasteiger partial charge in [-0.3, -0.25) is 0 Å². The van der Waals surface area contributed by atoms with Crippen LogP contribution in [0.1, 0.15) is 6.42 Å². The van der Waals surface area contributed by atoms with Crippen LogP contribution in [0.3, 0.4) is 0 Å². The number of ether oxygens (including phenoxy) is 2. The number of hydrogen-bond acceptors (Lipinski definition) is 3. The summed E-state index contributed by atoms with van der Waals surface area (Å²) in [5, 5.41) is 6.72. The van der Waals surface area contributed by atoms with Crippen molar-refractivity contribution in [3.05, 3.63) is 54.7 Å². The molecule has 1 saturated heterocycles. The molecular formula is C19H19N3O3. The van der Waals surface area contributed by atoms with Gasteiger partial charge in [0.2, 0.25) is 0 Å². The number of carbonyl (C=O) groups is 1. The fourth-order valence-corrected chi connectivity index (χ4v) is 2.93. The largest absolute Gasteiger partial charge is 0.486 e. The van der Waals surface area contributed by atoms with Gasteiger partial charge in [-0.1, -0.05) is 18.2 Å². The van der Waals surface area contributed by atoms with Crippen molar-refractivity contribution in [1.29, 1.82) is 0 Å². The summed E-state index contributed by atoms with van der Waals surface area (Å²) in [6.07, 6.45) is 2.73. The first-order valence-electron chi connectivity index (χ1n) is 8.27. The van der Waals surface area contributed by atoms with E-state index in [0.717, 1.165) is 23.0 Å². The Labute approximate surface area is 145 Å². The summed E-state index contributed by atoms with van der Waals surface area (Å²) < 4.78 is 11.3. The van der Waals surface area contributed by atoms with Crippen molar-refractivity contribution < 1.29 is 14.3 Å². The van der Waals surface area contributed by atoms with E-state index >= 15 is 0 Å². The third kappa shape index (κ3) is 3.44. The highest BCUT2D eigenvalue weighted by molar-refractivity contribution is 6.06. The lowest BCUT2D eigenvalue weighted by atomic mass is 10.2. The second-order valence-corrected chi connectivity index (χ2v) is 5.92. The fraction of sp³-hybridized carbons (Fsp3) is 0.211. The average Bonchev–Trinajstić information content (AvgIpc) is 3.28. The van der Waals surface area contributed by atoms with E-state index in [1.807, 2.05) is 54.7 Å². The first-order valence-corrected chi connectivity index (χ1v) is 8.27. The molecule has 128 valence electrons. The van der Waals surface area contributed by atoms with Gasteiger partial charge in [0.05, 0.1) is 24.6 Å². The fourth-order valence-electron chi connectivity index (χ4n) is 2.93. The Hall–Kier alpha value is -2.99. The van der Waals surface area contributed by atoms with Crippen molar-refractivity contribution in [3.8, 4) is 5.75 Å². The summed E-state index contributed by atoms with van der Waals surface area (Å²) in [5.41, 5.74) is 2.36. The van der Waals surface area contributed by atoms with Gasteiger partial charge in [0.15, 0.2) is 0 Å². The smallest absolute Gasteiger partial charge is 0.323 e. The van der Waals surface area contributed by atoms with Crippen LogP contribution in [0.15, 0.2) is 54.7 Å². The number of carbonyl (C=O) groups excluding carboxylic acids is 1. The molecule has 2 heterocycles. The zero-order valence-electron chi connectivity index (χ0n) is 13.6. The number of aromatic amines is 1. The van der Waals surface area contributed by atoms with Gasteiger partial charge in [0.1, 0.15) is 11.9 Å². The van der Waals surface area contributed by atoms with Crippen LogP contribution in [0.4, 0.5) is 16.2 Å². The molecule has 0 bridgehead atoms. The van der Waals surface area contributed by atoms with E-state index in [-0.39, 0.29) is 12.1 Å². The Morgan fingerprint density at radius 1 is 1.08 bits per heavy atom. The van der Waals surface area contributed by atoms with Gasteiger partial charge in [-0.2, -0.15) is 0 Å². The predicted molar refractivity (Wildman–Crippen MR) is 97.2 cm³/mol. The molecule has 6 nitrogen and oxygen atoms in total. The molecule has 0 aliphatic carbocycles. The maximum atomic E-state index is 12.4. The van der Waals surface area contributed by atoms with Crippen LogP contribution in [0.5, 0.6) is 5.75 Å². The third-order valence-corrected chi connectivity index (χ3v) is 4.16. The Kier molecular flexibility index (Phi) is 4.26. The van der Waals surface area contributed by atoms with Gasteiger partial charge in [-0.05, 0) is 30.3 Å². The van der Waals surface area contributed by atoms with Crippen molar-refractivity contribution in [2.24, 2.45) is 0 Å². The summed E-state index contributed by atoms with van der Waals surface area (Å²) in [6.45, 7) is 1.29. The number of benzene rings is 2. The standard InChI is InChI=1S/C19H19N3O3/c23-19(21-16-6-3-5-15-14(16)8-10-20-15)22-17-4-1-2-7-18(17)25-13-9-11-24-12-13/h1-8,10,13,20H,9,11-12H2,(H2,21,22,23)/t13-/m1/s1. The van der Waals surface area contributed by atoms with Gasteiger partial charge in [0.25, 0.3) is 0 Å². The highest BCUT2D eigenvalue weighted by atomic mass is 16.5. The van der Waals surface area contributed by atoms with Crippen molar-refractivity contribution in [1.82, 2.24) is 4.98 Å². The zero-order chi connectivity index (χ0) is 17.1. The van der Waals surface area contributed by atoms with E-state index < -0.39 is 0 Å². The molecule has 0 spiro atoms. The van der Waals surface area contributed by atoms with Crippen LogP contribution in [-0.4, -0.2) is 30.3 Å². The van der Waals surface area contributed by atoms with E-state index in [0.29, 0.717) is 24.7 Å². The minimum Gasteiger partial charge on any atom is -0.486 e. The quantitative estimate of drug-likeness (QED) is 0.674. The molecule has 1 atom stereocenters. The third-order valence-electron chi connectivity index (χ3n) is 4.16. The summed E-state index contributed by atoms with van der Waals surface area (Å²) >= 11 is 0. The number of fused-ring (bicyclic) bond motifs is 1. The summed E-state index contributed by atoms with van der Waals surface area (Å²) in [5.74, 6) is 0.646. The maximum absolute atomic E-state index is 12.4. The molecule has 6 heteroatoms. The molecule has 1 aliphatic rings. The number of hydrogen-bond donors (Lipinski definition) is 3. The van der Waals surface area contributed by atoms with Crippen LogP contribution < -0.4 is 15.4 Å². The lowest BCUT2D eigenvalue weighted by molar-refractivity contribution is 0.142. The Balaban J connectivity index is 1.48. The van der Waals surface area contributed by atoms with E-state index in [9.17, 15) is 4.79 Å². The van der Waals surface area contributed by atoms with Crippen LogP contribution in [-0.2, 0) is 4.74 Å². The van der Waals surface area contributed by atoms with Gasteiger partial charge in [-0.15, -0.1) is 0 Å². The van der Waals surface area contributed by atoms with Crippen LogP contribution in [0.2, 0.25) is 0 Å². The zero-order valence-corrected chi connectivity index (χ0v) is 13.6. The van der Waals surface area contributed by atoms with E-state index in [4.69, 9.17) is 9.47 Å². The van der Waals surface area contributed by atoms with Gasteiger partial charge in [0, 0.05) is 23.5 Å². The SMILES string of the molecule is O=C(Nc1ccccc1O[C@@H]1CCOC1)Nc1cccc2[nH]ccc12. The number of rotatable bonds is 4. The Morgan fingerprint density at radius 2 is 1.92 bits per heavy atom. The van der Waals surface area contributed by atoms with Crippen LogP contribution >= 0.6 is 0 Å².